The fraction of sp³-hybridized carbons (Fsp3) is 0.857. The van der Waals surface area contributed by atoms with Gasteiger partial charge in [0.05, 0.1) is 6.61 Å². The summed E-state index contributed by atoms with van der Waals surface area (Å²) in [6.07, 6.45) is 2.57. The van der Waals surface area contributed by atoms with Gasteiger partial charge in [-0.1, -0.05) is 13.3 Å². The Kier molecular flexibility index (Phi) is 12.4. The fourth-order valence-electron chi connectivity index (χ4n) is 0.554. The van der Waals surface area contributed by atoms with Gasteiger partial charge in [0.15, 0.2) is 0 Å². The molecule has 0 aromatic heterocycles. The molecule has 10 heavy (non-hydrogen) atoms. The molecule has 0 radical (unpaired) electrons. The van der Waals surface area contributed by atoms with Gasteiger partial charge in [0.25, 0.3) is 0 Å². The number of hydrogen-bond donors (Lipinski definition) is 0. The zero-order valence-electron chi connectivity index (χ0n) is 8.14. The zero-order chi connectivity index (χ0) is 7.11. The van der Waals surface area contributed by atoms with E-state index in [1.807, 2.05) is 6.92 Å². The molecule has 0 aliphatic rings. The van der Waals surface area contributed by atoms with Crippen LogP contribution in [0.25, 0.3) is 0 Å². The molecule has 0 bridgehead atoms. The van der Waals surface area contributed by atoms with Gasteiger partial charge in [-0.25, -0.2) is 0 Å². The van der Waals surface area contributed by atoms with E-state index in [0.717, 1.165) is 12.8 Å². The van der Waals surface area contributed by atoms with Crippen molar-refractivity contribution in [1.29, 1.82) is 0 Å². The molecule has 0 spiro atoms. The molecule has 0 amide bonds. The Labute approximate surface area is 86.1 Å². The van der Waals surface area contributed by atoms with Gasteiger partial charge in [0.2, 0.25) is 0 Å². The average Bonchev–Trinajstić information content (AvgIpc) is 1.85. The molecule has 0 aromatic rings. The van der Waals surface area contributed by atoms with Gasteiger partial charge in [-0.3, -0.25) is 4.79 Å². The van der Waals surface area contributed by atoms with Crippen molar-refractivity contribution >= 4 is 5.97 Å². The molecule has 3 heteroatoms. The maximum atomic E-state index is 10.6. The summed E-state index contributed by atoms with van der Waals surface area (Å²) in [5, 5.41) is 0. The van der Waals surface area contributed by atoms with E-state index < -0.39 is 0 Å². The van der Waals surface area contributed by atoms with E-state index in [1.54, 1.807) is 0 Å². The minimum atomic E-state index is -0.0700. The Balaban J connectivity index is -0.000000320. The predicted octanol–water partition coefficient (Wildman–Crippen LogP) is -1.14. The summed E-state index contributed by atoms with van der Waals surface area (Å²) in [4.78, 5) is 10.6. The Hall–Kier alpha value is 0.470. The summed E-state index contributed by atoms with van der Waals surface area (Å²) in [6.45, 7) is 4.38. The van der Waals surface area contributed by atoms with E-state index in [0.29, 0.717) is 13.0 Å². The van der Waals surface area contributed by atoms with Crippen molar-refractivity contribution in [3.8, 4) is 0 Å². The molecule has 0 atom stereocenters. The molecule has 0 unspecified atom stereocenters. The first-order chi connectivity index (χ1) is 4.31. The first kappa shape index (κ1) is 13.1. The quantitative estimate of drug-likeness (QED) is 0.378. The van der Waals surface area contributed by atoms with E-state index in [9.17, 15) is 4.79 Å². The standard InChI is InChI=1S/C7H14O2.Na.H/c1-3-5-6-7(8)9-4-2;;/h3-6H2,1-2H3;;/q;+1;-1. The second-order valence-electron chi connectivity index (χ2n) is 1.91. The van der Waals surface area contributed by atoms with Crippen LogP contribution < -0.4 is 29.6 Å². The zero-order valence-corrected chi connectivity index (χ0v) is 9.14. The largest absolute Gasteiger partial charge is 1.00 e. The molecular weight excluding hydrogens is 139 g/mol. The van der Waals surface area contributed by atoms with Gasteiger partial charge in [-0.2, -0.15) is 0 Å². The average molecular weight is 154 g/mol. The monoisotopic (exact) mass is 154 g/mol. The minimum absolute atomic E-state index is 0. The number of esters is 1. The maximum Gasteiger partial charge on any atom is 1.00 e. The maximum absolute atomic E-state index is 10.6. The van der Waals surface area contributed by atoms with Gasteiger partial charge in [-0.05, 0) is 13.3 Å². The van der Waals surface area contributed by atoms with E-state index >= 15 is 0 Å². The molecule has 0 fully saturated rings. The predicted molar refractivity (Wildman–Crippen MR) is 37.3 cm³/mol. The van der Waals surface area contributed by atoms with Crippen molar-refractivity contribution in [2.24, 2.45) is 0 Å². The molecule has 0 aliphatic heterocycles. The molecular formula is C7H15NaO2. The van der Waals surface area contributed by atoms with E-state index in [2.05, 4.69) is 6.92 Å². The normalized spacial score (nSPS) is 8.20. The van der Waals surface area contributed by atoms with E-state index in [4.69, 9.17) is 4.74 Å². The number of carbonyl (C=O) groups is 1. The van der Waals surface area contributed by atoms with Crippen molar-refractivity contribution < 1.29 is 40.5 Å². The Bertz CT molecular complexity index is 88.5. The third-order valence-electron chi connectivity index (χ3n) is 1.04. The van der Waals surface area contributed by atoms with Gasteiger partial charge in [0, 0.05) is 6.42 Å². The summed E-state index contributed by atoms with van der Waals surface area (Å²) in [7, 11) is 0. The van der Waals surface area contributed by atoms with E-state index in [-0.39, 0.29) is 37.0 Å². The molecule has 0 heterocycles. The first-order valence-corrected chi connectivity index (χ1v) is 3.46. The molecule has 0 N–H and O–H groups in total. The second-order valence-corrected chi connectivity index (χ2v) is 1.91. The number of ether oxygens (including phenoxy) is 1. The van der Waals surface area contributed by atoms with Crippen LogP contribution in [0.2, 0.25) is 0 Å². The SMILES string of the molecule is CCCCC(=O)OCC.[H-].[Na+]. The van der Waals surface area contributed by atoms with Crippen LogP contribution in [0.3, 0.4) is 0 Å². The fourth-order valence-corrected chi connectivity index (χ4v) is 0.554. The van der Waals surface area contributed by atoms with Crippen LogP contribution in [0.4, 0.5) is 0 Å². The Morgan fingerprint density at radius 2 is 2.10 bits per heavy atom. The van der Waals surface area contributed by atoms with Gasteiger partial charge in [0.1, 0.15) is 0 Å². The van der Waals surface area contributed by atoms with Crippen molar-refractivity contribution in [3.63, 3.8) is 0 Å². The molecule has 0 aliphatic carbocycles. The molecule has 0 saturated carbocycles. The topological polar surface area (TPSA) is 26.3 Å². The number of carbonyl (C=O) groups excluding carboxylic acids is 1. The van der Waals surface area contributed by atoms with Gasteiger partial charge >= 0.3 is 35.5 Å². The van der Waals surface area contributed by atoms with Crippen LogP contribution in [0.5, 0.6) is 0 Å². The van der Waals surface area contributed by atoms with Crippen LogP contribution in [-0.2, 0) is 9.53 Å². The summed E-state index contributed by atoms with van der Waals surface area (Å²) in [5.41, 5.74) is 0. The second kappa shape index (κ2) is 9.47. The molecule has 0 rings (SSSR count). The third-order valence-corrected chi connectivity index (χ3v) is 1.04. The van der Waals surface area contributed by atoms with Crippen LogP contribution in [-0.4, -0.2) is 12.6 Å². The summed E-state index contributed by atoms with van der Waals surface area (Å²) in [6, 6.07) is 0. The summed E-state index contributed by atoms with van der Waals surface area (Å²) in [5.74, 6) is -0.0700. The van der Waals surface area contributed by atoms with Crippen molar-refractivity contribution in [1.82, 2.24) is 0 Å². The molecule has 2 nitrogen and oxygen atoms in total. The van der Waals surface area contributed by atoms with Crippen molar-refractivity contribution in [3.05, 3.63) is 0 Å². The van der Waals surface area contributed by atoms with Gasteiger partial charge in [-0.15, -0.1) is 0 Å². The molecule has 0 saturated heterocycles. The van der Waals surface area contributed by atoms with Crippen LogP contribution in [0.15, 0.2) is 0 Å². The first-order valence-electron chi connectivity index (χ1n) is 3.46. The molecule has 56 valence electrons. The Morgan fingerprint density at radius 1 is 1.50 bits per heavy atom. The van der Waals surface area contributed by atoms with E-state index in [1.165, 1.54) is 0 Å². The van der Waals surface area contributed by atoms with Crippen LogP contribution >= 0.6 is 0 Å². The van der Waals surface area contributed by atoms with Gasteiger partial charge < -0.3 is 6.16 Å². The number of unbranched alkanes of at least 4 members (excludes halogenated alkanes) is 1. The third kappa shape index (κ3) is 8.47. The van der Waals surface area contributed by atoms with Crippen LogP contribution in [0, 0.1) is 0 Å². The minimum Gasteiger partial charge on any atom is -1.00 e. The summed E-state index contributed by atoms with van der Waals surface area (Å²) >= 11 is 0. The van der Waals surface area contributed by atoms with Crippen molar-refractivity contribution in [2.45, 2.75) is 33.1 Å². The summed E-state index contributed by atoms with van der Waals surface area (Å²) < 4.78 is 4.70. The van der Waals surface area contributed by atoms with Crippen LogP contribution in [0.1, 0.15) is 34.5 Å². The number of rotatable bonds is 4. The molecule has 0 aromatic carbocycles. The smallest absolute Gasteiger partial charge is 1.00 e. The van der Waals surface area contributed by atoms with Crippen molar-refractivity contribution in [2.75, 3.05) is 6.61 Å². The Morgan fingerprint density at radius 3 is 2.50 bits per heavy atom. The number of hydrogen-bond acceptors (Lipinski definition) is 2.